The molecule has 0 saturated carbocycles. The SMILES string of the molecule is CCN(CC(=O)Nc1ccc(NC(C)=O)cc1)C(=O)Cc1ccc2ccccc2c1. The number of hydrogen-bond acceptors (Lipinski definition) is 3. The lowest BCUT2D eigenvalue weighted by molar-refractivity contribution is -0.133. The molecule has 0 fully saturated rings. The highest BCUT2D eigenvalue weighted by Gasteiger charge is 2.16. The lowest BCUT2D eigenvalue weighted by Crippen LogP contribution is -2.38. The van der Waals surface area contributed by atoms with Gasteiger partial charge in [0.1, 0.15) is 0 Å². The van der Waals surface area contributed by atoms with Crippen molar-refractivity contribution in [2.24, 2.45) is 0 Å². The maximum Gasteiger partial charge on any atom is 0.243 e. The van der Waals surface area contributed by atoms with E-state index in [-0.39, 0.29) is 30.7 Å². The van der Waals surface area contributed by atoms with E-state index in [0.717, 1.165) is 16.3 Å². The van der Waals surface area contributed by atoms with Crippen LogP contribution in [0.3, 0.4) is 0 Å². The molecule has 2 N–H and O–H groups in total. The third-order valence-corrected chi connectivity index (χ3v) is 4.73. The van der Waals surface area contributed by atoms with E-state index >= 15 is 0 Å². The number of likely N-dealkylation sites (N-methyl/N-ethyl adjacent to an activating group) is 1. The van der Waals surface area contributed by atoms with Crippen LogP contribution in [0.2, 0.25) is 0 Å². The van der Waals surface area contributed by atoms with E-state index < -0.39 is 0 Å². The Hall–Kier alpha value is -3.67. The second-order valence-electron chi connectivity index (χ2n) is 7.07. The Kier molecular flexibility index (Phi) is 6.80. The van der Waals surface area contributed by atoms with Crippen LogP contribution in [0.15, 0.2) is 66.7 Å². The highest BCUT2D eigenvalue weighted by molar-refractivity contribution is 5.95. The molecule has 0 unspecified atom stereocenters. The number of rotatable bonds is 7. The van der Waals surface area contributed by atoms with Gasteiger partial charge in [0.15, 0.2) is 0 Å². The van der Waals surface area contributed by atoms with E-state index in [1.165, 1.54) is 11.8 Å². The van der Waals surface area contributed by atoms with Crippen molar-refractivity contribution in [1.29, 1.82) is 0 Å². The Morgan fingerprint density at radius 3 is 2.10 bits per heavy atom. The first kappa shape index (κ1) is 21.0. The number of amides is 3. The Bertz CT molecular complexity index is 1060. The normalized spacial score (nSPS) is 10.5. The molecule has 0 bridgehead atoms. The summed E-state index contributed by atoms with van der Waals surface area (Å²) < 4.78 is 0. The largest absolute Gasteiger partial charge is 0.333 e. The van der Waals surface area contributed by atoms with E-state index in [1.54, 1.807) is 24.3 Å². The lowest BCUT2D eigenvalue weighted by Gasteiger charge is -2.20. The van der Waals surface area contributed by atoms with Crippen molar-refractivity contribution in [2.75, 3.05) is 23.7 Å². The Morgan fingerprint density at radius 1 is 0.833 bits per heavy atom. The molecular formula is C24H25N3O3. The maximum absolute atomic E-state index is 12.7. The minimum atomic E-state index is -0.268. The molecule has 0 atom stereocenters. The highest BCUT2D eigenvalue weighted by atomic mass is 16.2. The van der Waals surface area contributed by atoms with Crippen LogP contribution in [0.4, 0.5) is 11.4 Å². The molecule has 0 aliphatic carbocycles. The summed E-state index contributed by atoms with van der Waals surface area (Å²) in [5, 5.41) is 7.67. The highest BCUT2D eigenvalue weighted by Crippen LogP contribution is 2.17. The second kappa shape index (κ2) is 9.69. The van der Waals surface area contributed by atoms with Crippen LogP contribution in [-0.4, -0.2) is 35.7 Å². The van der Waals surface area contributed by atoms with Crippen molar-refractivity contribution in [3.05, 3.63) is 72.3 Å². The van der Waals surface area contributed by atoms with E-state index in [2.05, 4.69) is 10.6 Å². The molecule has 30 heavy (non-hydrogen) atoms. The number of carbonyl (C=O) groups excluding carboxylic acids is 3. The van der Waals surface area contributed by atoms with E-state index in [1.807, 2.05) is 49.4 Å². The van der Waals surface area contributed by atoms with Gasteiger partial charge in [-0.15, -0.1) is 0 Å². The quantitative estimate of drug-likeness (QED) is 0.629. The molecule has 0 aromatic heterocycles. The van der Waals surface area contributed by atoms with Crippen molar-refractivity contribution < 1.29 is 14.4 Å². The Balaban J connectivity index is 1.58. The van der Waals surface area contributed by atoms with Gasteiger partial charge in [-0.2, -0.15) is 0 Å². The van der Waals surface area contributed by atoms with Gasteiger partial charge in [0.25, 0.3) is 0 Å². The molecule has 0 heterocycles. The van der Waals surface area contributed by atoms with Crippen molar-refractivity contribution in [1.82, 2.24) is 4.90 Å². The predicted molar refractivity (Wildman–Crippen MR) is 119 cm³/mol. The van der Waals surface area contributed by atoms with E-state index in [4.69, 9.17) is 0 Å². The molecule has 0 saturated heterocycles. The van der Waals surface area contributed by atoms with Gasteiger partial charge in [0.2, 0.25) is 17.7 Å². The molecule has 3 aromatic rings. The van der Waals surface area contributed by atoms with Gasteiger partial charge >= 0.3 is 0 Å². The minimum absolute atomic E-state index is 0.0175. The van der Waals surface area contributed by atoms with Crippen LogP contribution in [0.1, 0.15) is 19.4 Å². The zero-order chi connectivity index (χ0) is 21.5. The number of anilines is 2. The monoisotopic (exact) mass is 403 g/mol. The molecule has 0 aliphatic heterocycles. The fourth-order valence-corrected chi connectivity index (χ4v) is 3.23. The number of hydrogen-bond donors (Lipinski definition) is 2. The molecule has 6 heteroatoms. The van der Waals surface area contributed by atoms with Gasteiger partial charge in [-0.05, 0) is 47.5 Å². The molecular weight excluding hydrogens is 378 g/mol. The minimum Gasteiger partial charge on any atom is -0.333 e. The molecule has 3 rings (SSSR count). The van der Waals surface area contributed by atoms with E-state index in [0.29, 0.717) is 17.9 Å². The Labute approximate surface area is 175 Å². The number of fused-ring (bicyclic) bond motifs is 1. The second-order valence-corrected chi connectivity index (χ2v) is 7.07. The predicted octanol–water partition coefficient (Wildman–Crippen LogP) is 3.83. The molecule has 154 valence electrons. The van der Waals surface area contributed by atoms with Crippen molar-refractivity contribution >= 4 is 39.9 Å². The van der Waals surface area contributed by atoms with E-state index in [9.17, 15) is 14.4 Å². The summed E-state index contributed by atoms with van der Waals surface area (Å²) in [5.74, 6) is -0.518. The lowest BCUT2D eigenvalue weighted by atomic mass is 10.0. The zero-order valence-electron chi connectivity index (χ0n) is 17.1. The van der Waals surface area contributed by atoms with Crippen LogP contribution in [-0.2, 0) is 20.8 Å². The number of nitrogens with one attached hydrogen (secondary N) is 2. The number of carbonyl (C=O) groups is 3. The smallest absolute Gasteiger partial charge is 0.243 e. The molecule has 0 spiro atoms. The number of nitrogens with zero attached hydrogens (tertiary/aromatic N) is 1. The van der Waals surface area contributed by atoms with Crippen molar-refractivity contribution in [3.63, 3.8) is 0 Å². The summed E-state index contributed by atoms with van der Waals surface area (Å²) in [6, 6.07) is 20.8. The summed E-state index contributed by atoms with van der Waals surface area (Å²) in [4.78, 5) is 37.7. The fraction of sp³-hybridized carbons (Fsp3) is 0.208. The molecule has 0 radical (unpaired) electrons. The van der Waals surface area contributed by atoms with Gasteiger partial charge in [0, 0.05) is 24.8 Å². The summed E-state index contributed by atoms with van der Waals surface area (Å²) in [6.07, 6.45) is 0.247. The third kappa shape index (κ3) is 5.67. The van der Waals surface area contributed by atoms with Gasteiger partial charge in [-0.1, -0.05) is 42.5 Å². The first-order valence-corrected chi connectivity index (χ1v) is 9.87. The maximum atomic E-state index is 12.7. The van der Waals surface area contributed by atoms with Gasteiger partial charge < -0.3 is 15.5 Å². The summed E-state index contributed by atoms with van der Waals surface area (Å²) in [7, 11) is 0. The van der Waals surface area contributed by atoms with Crippen LogP contribution in [0.5, 0.6) is 0 Å². The van der Waals surface area contributed by atoms with Crippen LogP contribution >= 0.6 is 0 Å². The first-order chi connectivity index (χ1) is 14.4. The topological polar surface area (TPSA) is 78.5 Å². The fourth-order valence-electron chi connectivity index (χ4n) is 3.23. The zero-order valence-corrected chi connectivity index (χ0v) is 17.1. The first-order valence-electron chi connectivity index (χ1n) is 9.87. The molecule has 3 amide bonds. The van der Waals surface area contributed by atoms with Gasteiger partial charge in [0.05, 0.1) is 13.0 Å². The standard InChI is InChI=1S/C24H25N3O3/c1-3-27(16-23(29)26-22-12-10-21(11-13-22)25-17(2)28)24(30)15-18-8-9-19-6-4-5-7-20(19)14-18/h4-14H,3,15-16H2,1-2H3,(H,25,28)(H,26,29). The molecule has 6 nitrogen and oxygen atoms in total. The average Bonchev–Trinajstić information content (AvgIpc) is 2.73. The van der Waals surface area contributed by atoms with Crippen molar-refractivity contribution in [2.45, 2.75) is 20.3 Å². The number of benzene rings is 3. The third-order valence-electron chi connectivity index (χ3n) is 4.73. The Morgan fingerprint density at radius 2 is 1.47 bits per heavy atom. The summed E-state index contributed by atoms with van der Waals surface area (Å²) in [6.45, 7) is 3.72. The van der Waals surface area contributed by atoms with Crippen molar-refractivity contribution in [3.8, 4) is 0 Å². The van der Waals surface area contributed by atoms with Gasteiger partial charge in [-0.25, -0.2) is 0 Å². The summed E-state index contributed by atoms with van der Waals surface area (Å²) in [5.41, 5.74) is 2.18. The summed E-state index contributed by atoms with van der Waals surface area (Å²) >= 11 is 0. The molecule has 3 aromatic carbocycles. The van der Waals surface area contributed by atoms with Crippen LogP contribution in [0, 0.1) is 0 Å². The average molecular weight is 403 g/mol. The van der Waals surface area contributed by atoms with Crippen LogP contribution < -0.4 is 10.6 Å². The van der Waals surface area contributed by atoms with Gasteiger partial charge in [-0.3, -0.25) is 14.4 Å². The molecule has 0 aliphatic rings. The van der Waals surface area contributed by atoms with Crippen LogP contribution in [0.25, 0.3) is 10.8 Å².